The molecule has 0 saturated heterocycles. The lowest BCUT2D eigenvalue weighted by atomic mass is 9.98. The van der Waals surface area contributed by atoms with Gasteiger partial charge in [-0.3, -0.25) is 9.93 Å². The van der Waals surface area contributed by atoms with Gasteiger partial charge in [0.1, 0.15) is 6.04 Å². The van der Waals surface area contributed by atoms with Gasteiger partial charge < -0.3 is 10.8 Å². The third-order valence-electron chi connectivity index (χ3n) is 1.83. The number of hydrogen-bond donors (Lipinski definition) is 3. The van der Waals surface area contributed by atoms with Gasteiger partial charge in [-0.15, -0.1) is 0 Å². The Kier molecular flexibility index (Phi) is 5.28. The summed E-state index contributed by atoms with van der Waals surface area (Å²) in [5, 5.41) is 14.2. The van der Waals surface area contributed by atoms with Gasteiger partial charge in [0.05, 0.1) is 0 Å². The van der Waals surface area contributed by atoms with Crippen molar-refractivity contribution in [2.75, 3.05) is 0 Å². The molecular weight excluding hydrogens is 176 g/mol. The Morgan fingerprint density at radius 1 is 1.58 bits per heavy atom. The number of carboxylic acid groups (broad SMARTS) is 1. The van der Waals surface area contributed by atoms with Crippen LogP contribution in [-0.2, 0) is 4.79 Å². The Hall–Kier alpha value is -0.260. The van der Waals surface area contributed by atoms with Gasteiger partial charge in [0.15, 0.2) is 0 Å². The first-order chi connectivity index (χ1) is 5.49. The minimum atomic E-state index is -0.947. The summed E-state index contributed by atoms with van der Waals surface area (Å²) in [7, 11) is 0. The minimum Gasteiger partial charge on any atom is -0.480 e. The molecule has 0 aromatic rings. The predicted octanol–water partition coefficient (Wildman–Crippen LogP) is 0.420. The molecule has 2 unspecified atom stereocenters. The van der Waals surface area contributed by atoms with E-state index in [0.717, 1.165) is 6.42 Å². The van der Waals surface area contributed by atoms with Crippen molar-refractivity contribution in [2.45, 2.75) is 31.6 Å². The first-order valence-electron chi connectivity index (χ1n) is 3.83. The molecule has 0 bridgehead atoms. The van der Waals surface area contributed by atoms with Gasteiger partial charge >= 0.3 is 5.97 Å². The third kappa shape index (κ3) is 3.94. The summed E-state index contributed by atoms with van der Waals surface area (Å²) in [5.41, 5.74) is 5.41. The minimum absolute atomic E-state index is 0.0338. The molecule has 0 spiro atoms. The maximum atomic E-state index is 10.4. The molecule has 0 aliphatic carbocycles. The Morgan fingerprint density at radius 2 is 2.08 bits per heavy atom. The molecule has 0 heterocycles. The Labute approximate surface area is 76.8 Å². The first kappa shape index (κ1) is 11.7. The van der Waals surface area contributed by atoms with Gasteiger partial charge in [-0.05, 0) is 12.3 Å². The predicted molar refractivity (Wildman–Crippen MR) is 50.6 cm³/mol. The highest BCUT2D eigenvalue weighted by molar-refractivity contribution is 7.97. The lowest BCUT2D eigenvalue weighted by Crippen LogP contribution is -2.37. The Morgan fingerprint density at radius 3 is 2.42 bits per heavy atom. The molecule has 72 valence electrons. The topological polar surface area (TPSA) is 89.3 Å². The molecule has 5 N–H and O–H groups in total. The lowest BCUT2D eigenvalue weighted by molar-refractivity contribution is -0.139. The smallest absolute Gasteiger partial charge is 0.320 e. The molecule has 4 nitrogen and oxygen atoms in total. The molecule has 0 radical (unpaired) electrons. The second-order valence-electron chi connectivity index (χ2n) is 3.02. The number of carbonyl (C=O) groups is 1. The van der Waals surface area contributed by atoms with Gasteiger partial charge in [0, 0.05) is 5.25 Å². The van der Waals surface area contributed by atoms with Crippen LogP contribution in [0.1, 0.15) is 20.3 Å². The van der Waals surface area contributed by atoms with Crippen LogP contribution in [0, 0.1) is 5.92 Å². The van der Waals surface area contributed by atoms with Crippen molar-refractivity contribution in [1.29, 1.82) is 0 Å². The molecule has 3 atom stereocenters. The van der Waals surface area contributed by atoms with Gasteiger partial charge in [0.2, 0.25) is 0 Å². The molecule has 5 heteroatoms. The quantitative estimate of drug-likeness (QED) is 0.549. The Bertz CT molecular complexity index is 154. The first-order valence-corrected chi connectivity index (χ1v) is 4.77. The molecule has 0 rings (SSSR count). The second kappa shape index (κ2) is 5.40. The second-order valence-corrected chi connectivity index (χ2v) is 4.10. The molecular formula is C7H16N2O2S. The van der Waals surface area contributed by atoms with Crippen LogP contribution >= 0.6 is 11.9 Å². The summed E-state index contributed by atoms with van der Waals surface area (Å²) in [6.07, 6.45) is 0.731. The zero-order valence-electron chi connectivity index (χ0n) is 7.36. The zero-order chi connectivity index (χ0) is 9.72. The van der Waals surface area contributed by atoms with Gasteiger partial charge in [-0.1, -0.05) is 25.8 Å². The van der Waals surface area contributed by atoms with E-state index in [2.05, 4.69) is 0 Å². The largest absolute Gasteiger partial charge is 0.480 e. The molecule has 0 aliphatic heterocycles. The molecule has 0 fully saturated rings. The monoisotopic (exact) mass is 192 g/mol. The van der Waals surface area contributed by atoms with Crippen LogP contribution in [0.15, 0.2) is 0 Å². The Balaban J connectivity index is 3.86. The van der Waals surface area contributed by atoms with Crippen LogP contribution in [0.5, 0.6) is 0 Å². The van der Waals surface area contributed by atoms with E-state index in [1.54, 1.807) is 0 Å². The summed E-state index contributed by atoms with van der Waals surface area (Å²) in [5.74, 6) is -0.981. The number of rotatable bonds is 5. The summed E-state index contributed by atoms with van der Waals surface area (Å²) in [6.45, 7) is 3.78. The van der Waals surface area contributed by atoms with E-state index < -0.39 is 12.0 Å². The molecule has 12 heavy (non-hydrogen) atoms. The average Bonchev–Trinajstić information content (AvgIpc) is 2.02. The summed E-state index contributed by atoms with van der Waals surface area (Å²) < 4.78 is 0. The van der Waals surface area contributed by atoms with E-state index in [9.17, 15) is 4.79 Å². The highest BCUT2D eigenvalue weighted by atomic mass is 32.2. The van der Waals surface area contributed by atoms with Gasteiger partial charge in [-0.2, -0.15) is 0 Å². The van der Waals surface area contributed by atoms with E-state index in [1.165, 1.54) is 11.9 Å². The van der Waals surface area contributed by atoms with Crippen molar-refractivity contribution in [3.63, 3.8) is 0 Å². The van der Waals surface area contributed by atoms with Crippen LogP contribution in [-0.4, -0.2) is 22.4 Å². The van der Waals surface area contributed by atoms with Crippen molar-refractivity contribution < 1.29 is 9.90 Å². The summed E-state index contributed by atoms with van der Waals surface area (Å²) >= 11 is 1.23. The molecule has 0 aromatic carbocycles. The van der Waals surface area contributed by atoms with E-state index >= 15 is 0 Å². The molecule has 0 amide bonds. The van der Waals surface area contributed by atoms with Crippen molar-refractivity contribution in [3.8, 4) is 0 Å². The lowest BCUT2D eigenvalue weighted by Gasteiger charge is -2.18. The fraction of sp³-hybridized carbons (Fsp3) is 0.857. The summed E-state index contributed by atoms with van der Waals surface area (Å²) in [6, 6.07) is -0.778. The van der Waals surface area contributed by atoms with Crippen molar-refractivity contribution in [2.24, 2.45) is 16.8 Å². The fourth-order valence-corrected chi connectivity index (χ4v) is 1.38. The van der Waals surface area contributed by atoms with E-state index in [1.807, 2.05) is 13.8 Å². The molecule has 0 saturated carbocycles. The number of nitrogens with two attached hydrogens (primary N) is 2. The van der Waals surface area contributed by atoms with Gasteiger partial charge in [-0.25, -0.2) is 0 Å². The van der Waals surface area contributed by atoms with Crippen molar-refractivity contribution in [3.05, 3.63) is 0 Å². The van der Waals surface area contributed by atoms with Crippen LogP contribution in [0.3, 0.4) is 0 Å². The normalized spacial score (nSPS) is 18.3. The van der Waals surface area contributed by atoms with Crippen molar-refractivity contribution >= 4 is 17.9 Å². The summed E-state index contributed by atoms with van der Waals surface area (Å²) in [4.78, 5) is 10.4. The zero-order valence-corrected chi connectivity index (χ0v) is 8.17. The maximum absolute atomic E-state index is 10.4. The van der Waals surface area contributed by atoms with E-state index in [0.29, 0.717) is 0 Å². The molecule has 0 aliphatic rings. The van der Waals surface area contributed by atoms with E-state index in [4.69, 9.17) is 16.0 Å². The van der Waals surface area contributed by atoms with Gasteiger partial charge in [0.25, 0.3) is 0 Å². The highest BCUT2D eigenvalue weighted by Crippen LogP contribution is 2.16. The number of aliphatic carboxylic acids is 1. The third-order valence-corrected chi connectivity index (χ3v) is 2.49. The fourth-order valence-electron chi connectivity index (χ4n) is 0.969. The molecule has 0 aromatic heterocycles. The standard InChI is InChI=1S/C7H16N2O2S/c1-4(3-5(2)12-9)6(8)7(10)11/h4-6H,3,8-9H2,1-2H3,(H,10,11)/t4?,5?,6-/m0/s1. The van der Waals surface area contributed by atoms with Crippen LogP contribution in [0.2, 0.25) is 0 Å². The average molecular weight is 192 g/mol. The SMILES string of the molecule is CC(CC(C)[C@H](N)C(=O)O)SN. The van der Waals surface area contributed by atoms with Crippen LogP contribution < -0.4 is 10.9 Å². The highest BCUT2D eigenvalue weighted by Gasteiger charge is 2.21. The van der Waals surface area contributed by atoms with Crippen LogP contribution in [0.25, 0.3) is 0 Å². The number of carboxylic acids is 1. The van der Waals surface area contributed by atoms with E-state index in [-0.39, 0.29) is 11.2 Å². The van der Waals surface area contributed by atoms with Crippen LogP contribution in [0.4, 0.5) is 0 Å². The maximum Gasteiger partial charge on any atom is 0.320 e. The number of hydrogen-bond acceptors (Lipinski definition) is 4. The van der Waals surface area contributed by atoms with Crippen molar-refractivity contribution in [1.82, 2.24) is 0 Å².